The van der Waals surface area contributed by atoms with Crippen LogP contribution >= 0.6 is 0 Å². The van der Waals surface area contributed by atoms with E-state index in [1.54, 1.807) is 30.3 Å². The van der Waals surface area contributed by atoms with Crippen LogP contribution in [0.3, 0.4) is 0 Å². The van der Waals surface area contributed by atoms with E-state index in [-0.39, 0.29) is 50.6 Å². The Bertz CT molecular complexity index is 481. The topological polar surface area (TPSA) is 105 Å². The van der Waals surface area contributed by atoms with E-state index in [1.165, 1.54) is 7.05 Å². The molecule has 0 aliphatic carbocycles. The van der Waals surface area contributed by atoms with Gasteiger partial charge in [-0.2, -0.15) is 5.48 Å². The van der Waals surface area contributed by atoms with Crippen molar-refractivity contribution in [2.24, 2.45) is 0 Å². The molecule has 0 saturated heterocycles. The molecule has 1 atom stereocenters. The SMILES string of the molecule is CNOC(=O)CC[C@H](NC(=O)c1ccccc1)C(=O)O.[CaH2]. The molecule has 1 amide bonds. The van der Waals surface area contributed by atoms with Gasteiger partial charge in [-0.15, -0.1) is 0 Å². The Balaban J connectivity index is 0.00000400. The molecule has 0 aromatic heterocycles. The number of hydrogen-bond donors (Lipinski definition) is 3. The normalized spacial score (nSPS) is 10.9. The molecule has 21 heavy (non-hydrogen) atoms. The van der Waals surface area contributed by atoms with Crippen molar-refractivity contribution in [3.63, 3.8) is 0 Å². The van der Waals surface area contributed by atoms with Crippen molar-refractivity contribution < 1.29 is 24.3 Å². The molecule has 0 unspecified atom stereocenters. The third-order valence-electron chi connectivity index (χ3n) is 2.49. The minimum atomic E-state index is -1.20. The molecule has 0 fully saturated rings. The zero-order valence-electron chi connectivity index (χ0n) is 11.0. The third-order valence-corrected chi connectivity index (χ3v) is 2.49. The number of carbonyl (C=O) groups is 3. The van der Waals surface area contributed by atoms with Gasteiger partial charge in [-0.25, -0.2) is 4.79 Å². The van der Waals surface area contributed by atoms with Gasteiger partial charge in [-0.1, -0.05) is 18.2 Å². The number of carbonyl (C=O) groups excluding carboxylic acids is 2. The van der Waals surface area contributed by atoms with Crippen LogP contribution in [-0.4, -0.2) is 73.8 Å². The van der Waals surface area contributed by atoms with E-state index in [2.05, 4.69) is 15.6 Å². The van der Waals surface area contributed by atoms with E-state index in [9.17, 15) is 14.4 Å². The van der Waals surface area contributed by atoms with Crippen LogP contribution in [0.2, 0.25) is 0 Å². The van der Waals surface area contributed by atoms with Gasteiger partial charge in [0.15, 0.2) is 0 Å². The second-order valence-corrected chi connectivity index (χ2v) is 3.95. The summed E-state index contributed by atoms with van der Waals surface area (Å²) in [6.45, 7) is 0. The molecule has 7 nitrogen and oxygen atoms in total. The van der Waals surface area contributed by atoms with Gasteiger partial charge in [-0.05, 0) is 18.6 Å². The van der Waals surface area contributed by atoms with E-state index >= 15 is 0 Å². The summed E-state index contributed by atoms with van der Waals surface area (Å²) in [6, 6.07) is 7.10. The summed E-state index contributed by atoms with van der Waals surface area (Å²) in [5, 5.41) is 11.4. The summed E-state index contributed by atoms with van der Waals surface area (Å²) in [4.78, 5) is 38.5. The fourth-order valence-corrected chi connectivity index (χ4v) is 1.52. The van der Waals surface area contributed by atoms with Crippen LogP contribution in [0, 0.1) is 0 Å². The quantitative estimate of drug-likeness (QED) is 0.458. The average molecular weight is 322 g/mol. The first-order valence-electron chi connectivity index (χ1n) is 5.99. The molecule has 112 valence electrons. The molecular formula is C13H18CaN2O5. The first kappa shape index (κ1) is 19.8. The van der Waals surface area contributed by atoms with Gasteiger partial charge < -0.3 is 15.3 Å². The van der Waals surface area contributed by atoms with Crippen molar-refractivity contribution >= 4 is 55.6 Å². The van der Waals surface area contributed by atoms with Crippen molar-refractivity contribution in [3.05, 3.63) is 35.9 Å². The van der Waals surface area contributed by atoms with Gasteiger partial charge in [-0.3, -0.25) is 9.59 Å². The fraction of sp³-hybridized carbons (Fsp3) is 0.308. The molecule has 8 heteroatoms. The van der Waals surface area contributed by atoms with Crippen molar-refractivity contribution in [1.29, 1.82) is 0 Å². The first-order chi connectivity index (χ1) is 9.54. The Labute approximate surface area is 152 Å². The standard InChI is InChI=1S/C13H16N2O5.Ca.2H/c1-14-20-11(16)8-7-10(13(18)19)15-12(17)9-5-3-2-4-6-9;;;/h2-6,10,14H,7-8H2,1H3,(H,15,17)(H,18,19);;;/t10-;;;/m0.../s1. The van der Waals surface area contributed by atoms with Gasteiger partial charge in [0, 0.05) is 19.0 Å². The molecule has 0 heterocycles. The second kappa shape index (κ2) is 10.6. The van der Waals surface area contributed by atoms with Crippen LogP contribution in [0.15, 0.2) is 30.3 Å². The number of aliphatic carboxylic acids is 1. The summed E-state index contributed by atoms with van der Waals surface area (Å²) >= 11 is 0. The number of carboxylic acids is 1. The van der Waals surface area contributed by atoms with E-state index in [1.807, 2.05) is 0 Å². The van der Waals surface area contributed by atoms with Gasteiger partial charge >= 0.3 is 49.7 Å². The molecule has 0 aliphatic rings. The molecule has 0 radical (unpaired) electrons. The summed E-state index contributed by atoms with van der Waals surface area (Å²) < 4.78 is 0. The number of hydrogen-bond acceptors (Lipinski definition) is 5. The first-order valence-corrected chi connectivity index (χ1v) is 5.99. The molecule has 0 saturated carbocycles. The maximum atomic E-state index is 11.8. The summed E-state index contributed by atoms with van der Waals surface area (Å²) in [6.07, 6.45) is -0.165. The number of amides is 1. The van der Waals surface area contributed by atoms with E-state index in [4.69, 9.17) is 5.11 Å². The van der Waals surface area contributed by atoms with Crippen molar-refractivity contribution in [2.45, 2.75) is 18.9 Å². The molecule has 0 aliphatic heterocycles. The van der Waals surface area contributed by atoms with Gasteiger partial charge in [0.1, 0.15) is 6.04 Å². The Morgan fingerprint density at radius 1 is 1.24 bits per heavy atom. The molecule has 3 N–H and O–H groups in total. The Hall–Kier alpha value is -1.15. The van der Waals surface area contributed by atoms with Crippen LogP contribution in [0.4, 0.5) is 0 Å². The van der Waals surface area contributed by atoms with Gasteiger partial charge in [0.05, 0.1) is 0 Å². The van der Waals surface area contributed by atoms with Crippen LogP contribution in [0.1, 0.15) is 23.2 Å². The van der Waals surface area contributed by atoms with Crippen LogP contribution in [0.25, 0.3) is 0 Å². The minimum absolute atomic E-state index is 0. The molecule has 1 rings (SSSR count). The molecular weight excluding hydrogens is 304 g/mol. The Morgan fingerprint density at radius 3 is 2.38 bits per heavy atom. The zero-order valence-corrected chi connectivity index (χ0v) is 11.0. The van der Waals surface area contributed by atoms with Crippen molar-refractivity contribution in [1.82, 2.24) is 10.8 Å². The third kappa shape index (κ3) is 7.42. The fourth-order valence-electron chi connectivity index (χ4n) is 1.52. The number of benzene rings is 1. The van der Waals surface area contributed by atoms with Gasteiger partial charge in [0.25, 0.3) is 5.91 Å². The van der Waals surface area contributed by atoms with Crippen molar-refractivity contribution in [2.75, 3.05) is 7.05 Å². The molecule has 0 spiro atoms. The predicted octanol–water partition coefficient (Wildman–Crippen LogP) is -0.589. The van der Waals surface area contributed by atoms with Crippen LogP contribution in [0.5, 0.6) is 0 Å². The number of carboxylic acid groups (broad SMARTS) is 1. The molecule has 1 aromatic carbocycles. The Kier molecular flexibility index (Phi) is 9.98. The monoisotopic (exact) mass is 322 g/mol. The predicted molar refractivity (Wildman–Crippen MR) is 78.3 cm³/mol. The summed E-state index contributed by atoms with van der Waals surface area (Å²) in [5.41, 5.74) is 2.56. The zero-order chi connectivity index (χ0) is 15.0. The summed E-state index contributed by atoms with van der Waals surface area (Å²) in [7, 11) is 1.42. The maximum absolute atomic E-state index is 11.8. The van der Waals surface area contributed by atoms with Gasteiger partial charge in [0.2, 0.25) is 0 Å². The average Bonchev–Trinajstić information content (AvgIpc) is 2.44. The van der Waals surface area contributed by atoms with E-state index in [0.717, 1.165) is 0 Å². The molecule has 1 aromatic rings. The van der Waals surface area contributed by atoms with Crippen molar-refractivity contribution in [3.8, 4) is 0 Å². The van der Waals surface area contributed by atoms with E-state index < -0.39 is 23.9 Å². The second-order valence-electron chi connectivity index (χ2n) is 3.95. The van der Waals surface area contributed by atoms with Crippen LogP contribution in [-0.2, 0) is 14.4 Å². The number of nitrogens with one attached hydrogen (secondary N) is 2. The summed E-state index contributed by atoms with van der Waals surface area (Å²) in [5.74, 6) is -2.29. The van der Waals surface area contributed by atoms with E-state index in [0.29, 0.717) is 5.56 Å². The number of rotatable bonds is 7. The van der Waals surface area contributed by atoms with Crippen LogP contribution < -0.4 is 10.8 Å². The number of hydroxylamine groups is 1. The Morgan fingerprint density at radius 2 is 1.86 bits per heavy atom. The molecule has 0 bridgehead atoms.